The molecule has 0 amide bonds. The van der Waals surface area contributed by atoms with E-state index in [1.54, 1.807) is 12.3 Å². The number of halogens is 1. The summed E-state index contributed by atoms with van der Waals surface area (Å²) in [5.41, 5.74) is 1.07. The van der Waals surface area contributed by atoms with E-state index in [4.69, 9.17) is 16.0 Å². The van der Waals surface area contributed by atoms with Gasteiger partial charge in [-0.05, 0) is 24.5 Å². The molecule has 3 heterocycles. The summed E-state index contributed by atoms with van der Waals surface area (Å²) in [6.07, 6.45) is 4.59. The van der Waals surface area contributed by atoms with Gasteiger partial charge in [0.1, 0.15) is 5.52 Å². The van der Waals surface area contributed by atoms with Crippen LogP contribution in [0.25, 0.3) is 22.7 Å². The molecule has 3 aromatic heterocycles. The number of imidazole rings is 1. The molecule has 0 aliphatic rings. The second kappa shape index (κ2) is 5.98. The minimum absolute atomic E-state index is 0.310. The molecular formula is C15H13ClN4O. The molecule has 3 aromatic rings. The summed E-state index contributed by atoms with van der Waals surface area (Å²) in [6.45, 7) is 2.13. The minimum Gasteiger partial charge on any atom is -0.461 e. The summed E-state index contributed by atoms with van der Waals surface area (Å²) in [6, 6.07) is 3.60. The zero-order chi connectivity index (χ0) is 14.7. The monoisotopic (exact) mass is 300 g/mol. The predicted octanol–water partition coefficient (Wildman–Crippen LogP) is 3.81. The first-order chi connectivity index (χ1) is 10.3. The second-order valence-electron chi connectivity index (χ2n) is 4.50. The highest BCUT2D eigenvalue weighted by Crippen LogP contribution is 2.23. The average Bonchev–Trinajstić information content (AvgIpc) is 3.12. The lowest BCUT2D eigenvalue weighted by Crippen LogP contribution is -1.91. The quantitative estimate of drug-likeness (QED) is 0.454. The van der Waals surface area contributed by atoms with E-state index in [1.807, 2.05) is 6.07 Å². The Morgan fingerprint density at radius 2 is 2.24 bits per heavy atom. The SMILES string of the molecule is CCCCC#Cc1nc(Cl)c2[nH]c(-c3ccco3)nc2n1. The first-order valence-electron chi connectivity index (χ1n) is 6.74. The van der Waals surface area contributed by atoms with E-state index in [2.05, 4.69) is 38.7 Å². The molecule has 0 saturated carbocycles. The van der Waals surface area contributed by atoms with E-state index < -0.39 is 0 Å². The Kier molecular flexibility index (Phi) is 3.89. The Balaban J connectivity index is 1.97. The maximum Gasteiger partial charge on any atom is 0.208 e. The van der Waals surface area contributed by atoms with Crippen LogP contribution in [0.1, 0.15) is 32.0 Å². The lowest BCUT2D eigenvalue weighted by atomic mass is 10.2. The largest absolute Gasteiger partial charge is 0.461 e. The fraction of sp³-hybridized carbons (Fsp3) is 0.267. The zero-order valence-electron chi connectivity index (χ0n) is 11.5. The maximum absolute atomic E-state index is 6.16. The van der Waals surface area contributed by atoms with Crippen molar-refractivity contribution in [3.8, 4) is 23.4 Å². The Hall–Kier alpha value is -2.32. The van der Waals surface area contributed by atoms with Crippen molar-refractivity contribution in [3.63, 3.8) is 0 Å². The molecule has 21 heavy (non-hydrogen) atoms. The Morgan fingerprint density at radius 1 is 1.33 bits per heavy atom. The fourth-order valence-corrected chi connectivity index (χ4v) is 2.07. The second-order valence-corrected chi connectivity index (χ2v) is 4.86. The van der Waals surface area contributed by atoms with Gasteiger partial charge in [-0.2, -0.15) is 4.98 Å². The van der Waals surface area contributed by atoms with E-state index in [9.17, 15) is 0 Å². The third-order valence-corrected chi connectivity index (χ3v) is 3.19. The molecule has 6 heteroatoms. The van der Waals surface area contributed by atoms with Crippen LogP contribution in [0.15, 0.2) is 22.8 Å². The smallest absolute Gasteiger partial charge is 0.208 e. The molecule has 0 fully saturated rings. The molecule has 0 atom stereocenters. The van der Waals surface area contributed by atoms with Crippen molar-refractivity contribution in [1.29, 1.82) is 0 Å². The number of hydrogen-bond donors (Lipinski definition) is 1. The number of aromatic amines is 1. The van der Waals surface area contributed by atoms with Gasteiger partial charge in [0.25, 0.3) is 0 Å². The topological polar surface area (TPSA) is 67.6 Å². The lowest BCUT2D eigenvalue weighted by molar-refractivity contribution is 0.578. The molecule has 0 radical (unpaired) electrons. The first kappa shape index (κ1) is 13.7. The van der Waals surface area contributed by atoms with Gasteiger partial charge in [-0.3, -0.25) is 0 Å². The predicted molar refractivity (Wildman–Crippen MR) is 80.8 cm³/mol. The Labute approximate surface area is 126 Å². The molecule has 0 aliphatic carbocycles. The van der Waals surface area contributed by atoms with Gasteiger partial charge in [0, 0.05) is 6.42 Å². The first-order valence-corrected chi connectivity index (χ1v) is 7.11. The molecule has 0 unspecified atom stereocenters. The van der Waals surface area contributed by atoms with Crippen LogP contribution in [0.4, 0.5) is 0 Å². The highest BCUT2D eigenvalue weighted by atomic mass is 35.5. The summed E-state index contributed by atoms with van der Waals surface area (Å²) in [5, 5.41) is 0.310. The molecule has 5 nitrogen and oxygen atoms in total. The Bertz CT molecular complexity index is 811. The van der Waals surface area contributed by atoms with Crippen molar-refractivity contribution < 1.29 is 4.42 Å². The number of H-pyrrole nitrogens is 1. The van der Waals surface area contributed by atoms with Crippen LogP contribution in [0.3, 0.4) is 0 Å². The van der Waals surface area contributed by atoms with Crippen LogP contribution in [-0.2, 0) is 0 Å². The number of nitrogens with zero attached hydrogens (tertiary/aromatic N) is 3. The van der Waals surface area contributed by atoms with Crippen molar-refractivity contribution in [2.45, 2.75) is 26.2 Å². The third kappa shape index (κ3) is 2.91. The summed E-state index contributed by atoms with van der Waals surface area (Å²) in [7, 11) is 0. The molecule has 3 rings (SSSR count). The number of unbranched alkanes of at least 4 members (excludes halogenated alkanes) is 2. The van der Waals surface area contributed by atoms with Crippen LogP contribution in [0, 0.1) is 11.8 Å². The van der Waals surface area contributed by atoms with Crippen molar-refractivity contribution in [1.82, 2.24) is 19.9 Å². The summed E-state index contributed by atoms with van der Waals surface area (Å²) in [4.78, 5) is 15.9. The number of aromatic nitrogens is 4. The van der Waals surface area contributed by atoms with E-state index in [1.165, 1.54) is 0 Å². The van der Waals surface area contributed by atoms with Gasteiger partial charge in [0.2, 0.25) is 5.82 Å². The van der Waals surface area contributed by atoms with Gasteiger partial charge in [-0.15, -0.1) is 0 Å². The van der Waals surface area contributed by atoms with E-state index in [-0.39, 0.29) is 0 Å². The van der Waals surface area contributed by atoms with Gasteiger partial charge in [0.05, 0.1) is 6.26 Å². The summed E-state index contributed by atoms with van der Waals surface area (Å²) >= 11 is 6.16. The van der Waals surface area contributed by atoms with Gasteiger partial charge in [0.15, 0.2) is 22.4 Å². The van der Waals surface area contributed by atoms with Gasteiger partial charge in [-0.1, -0.05) is 30.9 Å². The van der Waals surface area contributed by atoms with E-state index >= 15 is 0 Å². The highest BCUT2D eigenvalue weighted by molar-refractivity contribution is 6.33. The third-order valence-electron chi connectivity index (χ3n) is 2.92. The van der Waals surface area contributed by atoms with Crippen LogP contribution in [0.5, 0.6) is 0 Å². The van der Waals surface area contributed by atoms with Crippen LogP contribution < -0.4 is 0 Å². The molecule has 0 aromatic carbocycles. The molecule has 1 N–H and O–H groups in total. The maximum atomic E-state index is 6.16. The van der Waals surface area contributed by atoms with Crippen molar-refractivity contribution in [3.05, 3.63) is 29.4 Å². The van der Waals surface area contributed by atoms with Crippen LogP contribution in [-0.4, -0.2) is 19.9 Å². The van der Waals surface area contributed by atoms with Crippen LogP contribution in [0.2, 0.25) is 5.15 Å². The molecule has 0 saturated heterocycles. The van der Waals surface area contributed by atoms with E-state index in [0.29, 0.717) is 33.7 Å². The average molecular weight is 301 g/mol. The highest BCUT2D eigenvalue weighted by Gasteiger charge is 2.13. The van der Waals surface area contributed by atoms with Crippen molar-refractivity contribution >= 4 is 22.8 Å². The molecule has 0 bridgehead atoms. The van der Waals surface area contributed by atoms with Crippen molar-refractivity contribution in [2.24, 2.45) is 0 Å². The lowest BCUT2D eigenvalue weighted by Gasteiger charge is -1.93. The van der Waals surface area contributed by atoms with Gasteiger partial charge in [-0.25, -0.2) is 9.97 Å². The minimum atomic E-state index is 0.310. The number of rotatable bonds is 3. The van der Waals surface area contributed by atoms with Crippen LogP contribution >= 0.6 is 11.6 Å². The molecule has 0 aliphatic heterocycles. The number of fused-ring (bicyclic) bond motifs is 1. The number of furan rings is 1. The Morgan fingerprint density at radius 3 is 3.00 bits per heavy atom. The summed E-state index contributed by atoms with van der Waals surface area (Å²) in [5.74, 6) is 7.55. The van der Waals surface area contributed by atoms with Gasteiger partial charge < -0.3 is 9.40 Å². The zero-order valence-corrected chi connectivity index (χ0v) is 12.2. The molecule has 106 valence electrons. The van der Waals surface area contributed by atoms with Crippen molar-refractivity contribution in [2.75, 3.05) is 0 Å². The number of nitrogens with one attached hydrogen (secondary N) is 1. The normalized spacial score (nSPS) is 10.6. The standard InChI is InChI=1S/C15H13ClN4O/c1-2-3-4-5-8-11-17-13(16)12-15(18-11)20-14(19-12)10-7-6-9-21-10/h6-7,9H,2-4H2,1H3,(H,17,18,19,20). The molecule has 0 spiro atoms. The fourth-order valence-electron chi connectivity index (χ4n) is 1.86. The molecular weight excluding hydrogens is 288 g/mol. The van der Waals surface area contributed by atoms with E-state index in [0.717, 1.165) is 19.3 Å². The van der Waals surface area contributed by atoms with Gasteiger partial charge >= 0.3 is 0 Å². The summed E-state index contributed by atoms with van der Waals surface area (Å²) < 4.78 is 5.30. The number of hydrogen-bond acceptors (Lipinski definition) is 4.